The number of nitriles is 1. The SMILES string of the molecule is N#Cc1cccc2c1[nH]c1ccc(-c3ccc4c(c3)c3ccccc3n4-c3ccccc3)cc12. The van der Waals surface area contributed by atoms with Gasteiger partial charge >= 0.3 is 0 Å². The third kappa shape index (κ3) is 2.63. The highest BCUT2D eigenvalue weighted by molar-refractivity contribution is 6.12. The number of hydrogen-bond acceptors (Lipinski definition) is 1. The Labute approximate surface area is 196 Å². The molecule has 34 heavy (non-hydrogen) atoms. The van der Waals surface area contributed by atoms with Gasteiger partial charge < -0.3 is 9.55 Å². The molecule has 0 saturated carbocycles. The Morgan fingerprint density at radius 1 is 0.588 bits per heavy atom. The fourth-order valence-electron chi connectivity index (χ4n) is 5.20. The van der Waals surface area contributed by atoms with Gasteiger partial charge in [-0.15, -0.1) is 0 Å². The topological polar surface area (TPSA) is 44.5 Å². The number of aromatic nitrogens is 2. The van der Waals surface area contributed by atoms with Crippen LogP contribution >= 0.6 is 0 Å². The molecule has 0 aliphatic rings. The molecule has 0 aliphatic carbocycles. The second-order valence-electron chi connectivity index (χ2n) is 8.65. The Balaban J connectivity index is 1.47. The summed E-state index contributed by atoms with van der Waals surface area (Å²) in [6, 6.07) is 40.5. The molecule has 7 aromatic rings. The van der Waals surface area contributed by atoms with Gasteiger partial charge in [-0.05, 0) is 59.7 Å². The summed E-state index contributed by atoms with van der Waals surface area (Å²) >= 11 is 0. The van der Waals surface area contributed by atoms with E-state index in [1.54, 1.807) is 0 Å². The summed E-state index contributed by atoms with van der Waals surface area (Å²) in [4.78, 5) is 3.43. The molecule has 7 rings (SSSR count). The summed E-state index contributed by atoms with van der Waals surface area (Å²) in [5, 5.41) is 14.2. The predicted octanol–water partition coefficient (Wildman–Crippen LogP) is 7.96. The van der Waals surface area contributed by atoms with Crippen LogP contribution in [0.4, 0.5) is 0 Å². The van der Waals surface area contributed by atoms with Crippen molar-refractivity contribution in [3.05, 3.63) is 115 Å². The summed E-state index contributed by atoms with van der Waals surface area (Å²) in [5.74, 6) is 0. The van der Waals surface area contributed by atoms with Gasteiger partial charge in [-0.3, -0.25) is 0 Å². The maximum absolute atomic E-state index is 9.49. The maximum Gasteiger partial charge on any atom is 0.101 e. The van der Waals surface area contributed by atoms with Crippen LogP contribution in [0.15, 0.2) is 109 Å². The number of hydrogen-bond donors (Lipinski definition) is 1. The first-order valence-corrected chi connectivity index (χ1v) is 11.4. The molecule has 5 aromatic carbocycles. The van der Waals surface area contributed by atoms with E-state index in [0.29, 0.717) is 5.56 Å². The van der Waals surface area contributed by atoms with Crippen molar-refractivity contribution in [2.75, 3.05) is 0 Å². The number of para-hydroxylation sites is 3. The van der Waals surface area contributed by atoms with E-state index in [0.717, 1.165) is 33.1 Å². The van der Waals surface area contributed by atoms with E-state index in [2.05, 4.69) is 113 Å². The molecule has 0 spiro atoms. The third-order valence-electron chi connectivity index (χ3n) is 6.77. The fourth-order valence-corrected chi connectivity index (χ4v) is 5.20. The van der Waals surface area contributed by atoms with Gasteiger partial charge in [0.1, 0.15) is 6.07 Å². The minimum absolute atomic E-state index is 0.672. The lowest BCUT2D eigenvalue weighted by molar-refractivity contribution is 1.18. The minimum atomic E-state index is 0.672. The fraction of sp³-hybridized carbons (Fsp3) is 0. The second kappa shape index (κ2) is 7.10. The summed E-state index contributed by atoms with van der Waals surface area (Å²) in [5.41, 5.74) is 8.52. The van der Waals surface area contributed by atoms with Crippen LogP contribution in [0.2, 0.25) is 0 Å². The van der Waals surface area contributed by atoms with Crippen molar-refractivity contribution in [3.8, 4) is 22.9 Å². The van der Waals surface area contributed by atoms with Crippen molar-refractivity contribution in [2.24, 2.45) is 0 Å². The molecule has 0 aliphatic heterocycles. The molecule has 2 heterocycles. The molecule has 0 radical (unpaired) electrons. The van der Waals surface area contributed by atoms with Crippen molar-refractivity contribution in [3.63, 3.8) is 0 Å². The van der Waals surface area contributed by atoms with Crippen LogP contribution in [-0.2, 0) is 0 Å². The van der Waals surface area contributed by atoms with Crippen LogP contribution in [0.1, 0.15) is 5.56 Å². The molecule has 3 heteroatoms. The number of rotatable bonds is 2. The second-order valence-corrected chi connectivity index (χ2v) is 8.65. The van der Waals surface area contributed by atoms with Gasteiger partial charge in [-0.25, -0.2) is 0 Å². The summed E-state index contributed by atoms with van der Waals surface area (Å²) in [6.45, 7) is 0. The van der Waals surface area contributed by atoms with E-state index in [4.69, 9.17) is 0 Å². The van der Waals surface area contributed by atoms with Crippen LogP contribution in [0, 0.1) is 11.3 Å². The number of nitrogens with one attached hydrogen (secondary N) is 1. The molecule has 0 bridgehead atoms. The molecule has 158 valence electrons. The number of fused-ring (bicyclic) bond motifs is 6. The first-order chi connectivity index (χ1) is 16.8. The maximum atomic E-state index is 9.49. The quantitative estimate of drug-likeness (QED) is 0.295. The number of H-pyrrole nitrogens is 1. The highest BCUT2D eigenvalue weighted by Crippen LogP contribution is 2.36. The monoisotopic (exact) mass is 433 g/mol. The van der Waals surface area contributed by atoms with Crippen molar-refractivity contribution in [1.82, 2.24) is 9.55 Å². The molecule has 0 atom stereocenters. The predicted molar refractivity (Wildman–Crippen MR) is 140 cm³/mol. The Morgan fingerprint density at radius 3 is 2.15 bits per heavy atom. The van der Waals surface area contributed by atoms with E-state index >= 15 is 0 Å². The normalized spacial score (nSPS) is 11.5. The highest BCUT2D eigenvalue weighted by Gasteiger charge is 2.14. The summed E-state index contributed by atoms with van der Waals surface area (Å²) in [6.07, 6.45) is 0. The molecule has 0 saturated heterocycles. The van der Waals surface area contributed by atoms with Crippen LogP contribution in [0.25, 0.3) is 60.4 Å². The Kier molecular flexibility index (Phi) is 3.91. The zero-order chi connectivity index (χ0) is 22.6. The van der Waals surface area contributed by atoms with E-state index in [1.807, 2.05) is 12.1 Å². The van der Waals surface area contributed by atoms with Gasteiger partial charge in [-0.1, -0.05) is 60.7 Å². The average molecular weight is 434 g/mol. The number of aromatic amines is 1. The van der Waals surface area contributed by atoms with E-state index in [-0.39, 0.29) is 0 Å². The van der Waals surface area contributed by atoms with Crippen LogP contribution in [-0.4, -0.2) is 9.55 Å². The lowest BCUT2D eigenvalue weighted by atomic mass is 10.0. The van der Waals surface area contributed by atoms with Crippen molar-refractivity contribution >= 4 is 43.6 Å². The minimum Gasteiger partial charge on any atom is -0.353 e. The number of nitrogens with zero attached hydrogens (tertiary/aromatic N) is 2. The molecule has 0 unspecified atom stereocenters. The van der Waals surface area contributed by atoms with Crippen molar-refractivity contribution in [1.29, 1.82) is 5.26 Å². The Hall–Kier alpha value is -4.81. The molecule has 0 fully saturated rings. The van der Waals surface area contributed by atoms with E-state index < -0.39 is 0 Å². The van der Waals surface area contributed by atoms with Gasteiger partial charge in [0.15, 0.2) is 0 Å². The van der Waals surface area contributed by atoms with Gasteiger partial charge in [0.25, 0.3) is 0 Å². The largest absolute Gasteiger partial charge is 0.353 e. The Morgan fingerprint density at radius 2 is 1.29 bits per heavy atom. The van der Waals surface area contributed by atoms with Gasteiger partial charge in [0.2, 0.25) is 0 Å². The lowest BCUT2D eigenvalue weighted by Crippen LogP contribution is -1.92. The summed E-state index contributed by atoms with van der Waals surface area (Å²) < 4.78 is 2.33. The Bertz CT molecular complexity index is 1910. The van der Waals surface area contributed by atoms with E-state index in [9.17, 15) is 5.26 Å². The van der Waals surface area contributed by atoms with Gasteiger partial charge in [0.05, 0.1) is 22.1 Å². The van der Waals surface area contributed by atoms with Crippen LogP contribution < -0.4 is 0 Å². The number of benzene rings is 5. The van der Waals surface area contributed by atoms with Crippen molar-refractivity contribution in [2.45, 2.75) is 0 Å². The zero-order valence-electron chi connectivity index (χ0n) is 18.3. The smallest absolute Gasteiger partial charge is 0.101 e. The van der Waals surface area contributed by atoms with E-state index in [1.165, 1.54) is 27.4 Å². The average Bonchev–Trinajstić information content (AvgIpc) is 3.44. The van der Waals surface area contributed by atoms with Gasteiger partial charge in [-0.2, -0.15) is 5.26 Å². The first-order valence-electron chi connectivity index (χ1n) is 11.4. The molecular formula is C31H19N3. The van der Waals surface area contributed by atoms with Crippen LogP contribution in [0.5, 0.6) is 0 Å². The lowest BCUT2D eigenvalue weighted by Gasteiger charge is -2.08. The van der Waals surface area contributed by atoms with Crippen LogP contribution in [0.3, 0.4) is 0 Å². The van der Waals surface area contributed by atoms with Crippen molar-refractivity contribution < 1.29 is 0 Å². The zero-order valence-corrected chi connectivity index (χ0v) is 18.3. The molecular weight excluding hydrogens is 414 g/mol. The molecule has 0 amide bonds. The summed E-state index contributed by atoms with van der Waals surface area (Å²) in [7, 11) is 0. The first kappa shape index (κ1) is 18.7. The van der Waals surface area contributed by atoms with Gasteiger partial charge in [0, 0.05) is 32.7 Å². The molecule has 2 aromatic heterocycles. The highest BCUT2D eigenvalue weighted by atomic mass is 15.0. The molecule has 3 nitrogen and oxygen atoms in total. The third-order valence-corrected chi connectivity index (χ3v) is 6.77. The molecule has 1 N–H and O–H groups in total. The standard InChI is InChI=1S/C31H19N3/c32-19-22-7-6-11-25-26-17-20(13-15-28(26)33-31(22)25)21-14-16-30-27(18-21)24-10-4-5-12-29(24)34(30)23-8-2-1-3-9-23/h1-18,33H.